The molecule has 1 amide bonds. The van der Waals surface area contributed by atoms with Crippen LogP contribution >= 0.6 is 0 Å². The van der Waals surface area contributed by atoms with Gasteiger partial charge in [-0.3, -0.25) is 9.78 Å². The summed E-state index contributed by atoms with van der Waals surface area (Å²) in [6, 6.07) is 3.69. The molecule has 2 N–H and O–H groups in total. The first kappa shape index (κ1) is 16.4. The van der Waals surface area contributed by atoms with Gasteiger partial charge in [-0.15, -0.1) is 0 Å². The van der Waals surface area contributed by atoms with E-state index in [1.807, 2.05) is 30.9 Å². The number of aliphatic hydroxyl groups excluding tert-OH is 2. The lowest BCUT2D eigenvalue weighted by molar-refractivity contribution is -0.185. The molecule has 2 aliphatic heterocycles. The predicted molar refractivity (Wildman–Crippen MR) is 84.2 cm³/mol. The Morgan fingerprint density at radius 1 is 1.26 bits per heavy atom. The molecule has 3 rings (SSSR count). The molecule has 2 aliphatic rings. The first-order chi connectivity index (χ1) is 10.9. The van der Waals surface area contributed by atoms with Crippen molar-refractivity contribution in [2.45, 2.75) is 50.9 Å². The minimum atomic E-state index is -0.804. The Bertz CT molecular complexity index is 596. The van der Waals surface area contributed by atoms with Crippen molar-refractivity contribution in [3.05, 3.63) is 29.1 Å². The van der Waals surface area contributed by atoms with Crippen molar-refractivity contribution >= 4 is 5.91 Å². The fourth-order valence-corrected chi connectivity index (χ4v) is 3.50. The molecule has 0 unspecified atom stereocenters. The quantitative estimate of drug-likeness (QED) is 0.800. The largest absolute Gasteiger partial charge is 0.390 e. The van der Waals surface area contributed by atoms with Crippen LogP contribution in [0.1, 0.15) is 41.0 Å². The number of likely N-dealkylation sites (tertiary alicyclic amines) is 1. The number of piperidine rings is 1. The van der Waals surface area contributed by atoms with E-state index < -0.39 is 17.8 Å². The molecule has 6 heteroatoms. The minimum Gasteiger partial charge on any atom is -0.390 e. The second-order valence-electron chi connectivity index (χ2n) is 6.71. The van der Waals surface area contributed by atoms with E-state index in [1.54, 1.807) is 0 Å². The number of amides is 1. The highest BCUT2D eigenvalue weighted by atomic mass is 16.5. The summed E-state index contributed by atoms with van der Waals surface area (Å²) in [4.78, 5) is 18.9. The maximum atomic E-state index is 12.7. The highest BCUT2D eigenvalue weighted by Gasteiger charge is 2.43. The Morgan fingerprint density at radius 2 is 1.96 bits per heavy atom. The topological polar surface area (TPSA) is 82.9 Å². The van der Waals surface area contributed by atoms with Crippen molar-refractivity contribution < 1.29 is 19.7 Å². The number of aromatic nitrogens is 1. The van der Waals surface area contributed by atoms with Crippen molar-refractivity contribution in [1.29, 1.82) is 0 Å². The van der Waals surface area contributed by atoms with Crippen LogP contribution in [0.3, 0.4) is 0 Å². The Balaban J connectivity index is 1.66. The van der Waals surface area contributed by atoms with Gasteiger partial charge in [0.1, 0.15) is 6.10 Å². The van der Waals surface area contributed by atoms with Gasteiger partial charge in [-0.25, -0.2) is 0 Å². The van der Waals surface area contributed by atoms with Crippen LogP contribution in [-0.4, -0.2) is 63.5 Å². The average Bonchev–Trinajstić information content (AvgIpc) is 2.52. The van der Waals surface area contributed by atoms with Gasteiger partial charge in [0.15, 0.2) is 0 Å². The van der Waals surface area contributed by atoms with Crippen molar-refractivity contribution in [2.24, 2.45) is 0 Å². The first-order valence-corrected chi connectivity index (χ1v) is 8.14. The van der Waals surface area contributed by atoms with Crippen LogP contribution in [0.2, 0.25) is 0 Å². The van der Waals surface area contributed by atoms with E-state index in [9.17, 15) is 15.0 Å². The summed E-state index contributed by atoms with van der Waals surface area (Å²) >= 11 is 0. The van der Waals surface area contributed by atoms with E-state index in [1.165, 1.54) is 0 Å². The number of carbonyl (C=O) groups is 1. The SMILES string of the molecule is Cc1ccc(C(=O)N2CCC3(CC2)C[C@@H](O)[C@@H](O)CO3)c(C)n1. The highest BCUT2D eigenvalue weighted by Crippen LogP contribution is 2.35. The molecule has 2 saturated heterocycles. The van der Waals surface area contributed by atoms with Crippen LogP contribution in [0, 0.1) is 13.8 Å². The van der Waals surface area contributed by atoms with Gasteiger partial charge in [-0.1, -0.05) is 0 Å². The van der Waals surface area contributed by atoms with Gasteiger partial charge < -0.3 is 19.8 Å². The molecule has 0 radical (unpaired) electrons. The molecule has 126 valence electrons. The normalized spacial score (nSPS) is 27.2. The van der Waals surface area contributed by atoms with E-state index in [-0.39, 0.29) is 12.5 Å². The molecule has 0 saturated carbocycles. The first-order valence-electron chi connectivity index (χ1n) is 8.14. The summed E-state index contributed by atoms with van der Waals surface area (Å²) in [5.41, 5.74) is 1.89. The maximum absolute atomic E-state index is 12.7. The monoisotopic (exact) mass is 320 g/mol. The Morgan fingerprint density at radius 3 is 2.57 bits per heavy atom. The molecule has 0 bridgehead atoms. The molecular weight excluding hydrogens is 296 g/mol. The second kappa shape index (κ2) is 6.19. The van der Waals surface area contributed by atoms with Crippen molar-refractivity contribution in [1.82, 2.24) is 9.88 Å². The summed E-state index contributed by atoms with van der Waals surface area (Å²) in [6.45, 7) is 5.11. The third kappa shape index (κ3) is 3.24. The summed E-state index contributed by atoms with van der Waals surface area (Å²) in [5.74, 6) is 0.00115. The van der Waals surface area contributed by atoms with Gasteiger partial charge >= 0.3 is 0 Å². The van der Waals surface area contributed by atoms with Crippen LogP contribution in [-0.2, 0) is 4.74 Å². The molecule has 23 heavy (non-hydrogen) atoms. The third-order valence-electron chi connectivity index (χ3n) is 5.00. The third-order valence-corrected chi connectivity index (χ3v) is 5.00. The number of rotatable bonds is 1. The van der Waals surface area contributed by atoms with Gasteiger partial charge in [0.05, 0.1) is 29.6 Å². The Kier molecular flexibility index (Phi) is 4.40. The van der Waals surface area contributed by atoms with Gasteiger partial charge in [-0.2, -0.15) is 0 Å². The Labute approximate surface area is 136 Å². The van der Waals surface area contributed by atoms with Crippen LogP contribution in [0.4, 0.5) is 0 Å². The standard InChI is InChI=1S/C17H24N2O4/c1-11-3-4-13(12(2)18-11)16(22)19-7-5-17(6-8-19)9-14(20)15(21)10-23-17/h3-4,14-15,20-21H,5-10H2,1-2H3/t14-,15+/m1/s1. The summed E-state index contributed by atoms with van der Waals surface area (Å²) in [7, 11) is 0. The molecule has 1 aromatic rings. The molecular formula is C17H24N2O4. The number of hydrogen-bond acceptors (Lipinski definition) is 5. The number of aryl methyl sites for hydroxylation is 2. The molecule has 3 heterocycles. The molecule has 0 aromatic carbocycles. The molecule has 2 fully saturated rings. The van der Waals surface area contributed by atoms with Gasteiger partial charge in [-0.05, 0) is 38.8 Å². The van der Waals surface area contributed by atoms with Gasteiger partial charge in [0.2, 0.25) is 0 Å². The molecule has 6 nitrogen and oxygen atoms in total. The fourth-order valence-electron chi connectivity index (χ4n) is 3.50. The average molecular weight is 320 g/mol. The number of pyridine rings is 1. The van der Waals surface area contributed by atoms with Crippen molar-refractivity contribution in [3.63, 3.8) is 0 Å². The number of hydrogen-bond donors (Lipinski definition) is 2. The molecule has 1 spiro atoms. The summed E-state index contributed by atoms with van der Waals surface area (Å²) in [6.07, 6.45) is 0.249. The van der Waals surface area contributed by atoms with E-state index in [0.29, 0.717) is 37.9 Å². The smallest absolute Gasteiger partial charge is 0.255 e. The number of carbonyl (C=O) groups excluding carboxylic acids is 1. The van der Waals surface area contributed by atoms with E-state index >= 15 is 0 Å². The highest BCUT2D eigenvalue weighted by molar-refractivity contribution is 5.95. The minimum absolute atomic E-state index is 0.00115. The zero-order valence-electron chi connectivity index (χ0n) is 13.7. The lowest BCUT2D eigenvalue weighted by atomic mass is 9.82. The lowest BCUT2D eigenvalue weighted by Gasteiger charge is -2.46. The molecule has 0 aliphatic carbocycles. The summed E-state index contributed by atoms with van der Waals surface area (Å²) in [5, 5.41) is 19.5. The van der Waals surface area contributed by atoms with Crippen LogP contribution in [0.5, 0.6) is 0 Å². The van der Waals surface area contributed by atoms with E-state index in [0.717, 1.165) is 11.4 Å². The van der Waals surface area contributed by atoms with E-state index in [4.69, 9.17) is 4.74 Å². The summed E-state index contributed by atoms with van der Waals surface area (Å²) < 4.78 is 5.80. The second-order valence-corrected chi connectivity index (χ2v) is 6.71. The van der Waals surface area contributed by atoms with Crippen LogP contribution < -0.4 is 0 Å². The molecule has 2 atom stereocenters. The van der Waals surface area contributed by atoms with Gasteiger partial charge in [0, 0.05) is 25.2 Å². The number of aliphatic hydroxyl groups is 2. The fraction of sp³-hybridized carbons (Fsp3) is 0.647. The number of nitrogens with zero attached hydrogens (tertiary/aromatic N) is 2. The van der Waals surface area contributed by atoms with Gasteiger partial charge in [0.25, 0.3) is 5.91 Å². The molecule has 1 aromatic heterocycles. The zero-order chi connectivity index (χ0) is 16.6. The van der Waals surface area contributed by atoms with E-state index in [2.05, 4.69) is 4.98 Å². The maximum Gasteiger partial charge on any atom is 0.255 e. The Hall–Kier alpha value is -1.50. The lowest BCUT2D eigenvalue weighted by Crippen LogP contribution is -2.55. The van der Waals surface area contributed by atoms with Crippen LogP contribution in [0.25, 0.3) is 0 Å². The zero-order valence-corrected chi connectivity index (χ0v) is 13.7. The number of ether oxygens (including phenoxy) is 1. The van der Waals surface area contributed by atoms with Crippen molar-refractivity contribution in [3.8, 4) is 0 Å². The van der Waals surface area contributed by atoms with Crippen LogP contribution in [0.15, 0.2) is 12.1 Å². The predicted octanol–water partition coefficient (Wildman–Crippen LogP) is 0.815. The van der Waals surface area contributed by atoms with Crippen molar-refractivity contribution in [2.75, 3.05) is 19.7 Å².